The molecule has 0 amide bonds. The van der Waals surface area contributed by atoms with E-state index >= 15 is 0 Å². The van der Waals surface area contributed by atoms with Gasteiger partial charge in [-0.05, 0) is 49.1 Å². The lowest BCUT2D eigenvalue weighted by Crippen LogP contribution is -2.57. The molecule has 8 nitrogen and oxygen atoms in total. The number of anilines is 2. The number of rotatable bonds is 7. The van der Waals surface area contributed by atoms with Gasteiger partial charge in [0.1, 0.15) is 5.82 Å². The highest BCUT2D eigenvalue weighted by Gasteiger charge is 2.34. The molecule has 2 saturated heterocycles. The normalized spacial score (nSPS) is 20.3. The summed E-state index contributed by atoms with van der Waals surface area (Å²) in [6.45, 7) is 7.51. The zero-order chi connectivity index (χ0) is 24.3. The van der Waals surface area contributed by atoms with E-state index in [1.165, 1.54) is 12.8 Å². The lowest BCUT2D eigenvalue weighted by molar-refractivity contribution is 0.0717. The van der Waals surface area contributed by atoms with Crippen LogP contribution >= 0.6 is 0 Å². The van der Waals surface area contributed by atoms with Gasteiger partial charge in [-0.2, -0.15) is 0 Å². The third kappa shape index (κ3) is 4.99. The number of hydrogen-bond donors (Lipinski definition) is 1. The number of piperidine rings is 1. The number of benzene rings is 1. The minimum atomic E-state index is 0.524. The van der Waals surface area contributed by atoms with Crippen molar-refractivity contribution in [3.63, 3.8) is 0 Å². The Balaban J connectivity index is 0.974. The lowest BCUT2D eigenvalue weighted by atomic mass is 9.91. The van der Waals surface area contributed by atoms with Gasteiger partial charge in [0, 0.05) is 63.1 Å². The van der Waals surface area contributed by atoms with E-state index in [2.05, 4.69) is 48.4 Å². The van der Waals surface area contributed by atoms with E-state index < -0.39 is 0 Å². The zero-order valence-corrected chi connectivity index (χ0v) is 20.6. The maximum Gasteiger partial charge on any atom is 0.213 e. The van der Waals surface area contributed by atoms with Gasteiger partial charge in [0.2, 0.25) is 5.88 Å². The summed E-state index contributed by atoms with van der Waals surface area (Å²) in [4.78, 5) is 13.9. The minimum absolute atomic E-state index is 0.524. The molecular weight excluding hydrogens is 452 g/mol. The highest BCUT2D eigenvalue weighted by Crippen LogP contribution is 2.31. The van der Waals surface area contributed by atoms with Gasteiger partial charge in [0.05, 0.1) is 12.0 Å². The van der Waals surface area contributed by atoms with Crippen LogP contribution in [0.3, 0.4) is 0 Å². The number of aromatic nitrogens is 3. The third-order valence-electron chi connectivity index (χ3n) is 7.31. The summed E-state index contributed by atoms with van der Waals surface area (Å²) in [7, 11) is 0. The molecule has 4 aromatic rings. The number of para-hydroxylation sites is 1. The van der Waals surface area contributed by atoms with Gasteiger partial charge in [-0.1, -0.05) is 29.4 Å². The molecule has 5 heterocycles. The van der Waals surface area contributed by atoms with Gasteiger partial charge >= 0.3 is 0 Å². The largest absolute Gasteiger partial charge is 0.477 e. The van der Waals surface area contributed by atoms with Gasteiger partial charge in [-0.3, -0.25) is 4.90 Å². The molecule has 6 rings (SSSR count). The Labute approximate surface area is 211 Å². The van der Waals surface area contributed by atoms with Crippen LogP contribution in [0.1, 0.15) is 24.0 Å². The first-order valence-electron chi connectivity index (χ1n) is 12.8. The van der Waals surface area contributed by atoms with E-state index in [1.54, 1.807) is 0 Å². The predicted molar refractivity (Wildman–Crippen MR) is 140 cm³/mol. The first-order valence-corrected chi connectivity index (χ1v) is 12.8. The van der Waals surface area contributed by atoms with Crippen LogP contribution in [0, 0.1) is 12.8 Å². The van der Waals surface area contributed by atoms with Crippen LogP contribution in [0.15, 0.2) is 65.4 Å². The fourth-order valence-electron chi connectivity index (χ4n) is 5.26. The number of nitrogens with one attached hydrogen (secondary N) is 1. The van der Waals surface area contributed by atoms with Crippen LogP contribution in [0.5, 0.6) is 5.88 Å². The van der Waals surface area contributed by atoms with Crippen molar-refractivity contribution in [2.24, 2.45) is 5.92 Å². The van der Waals surface area contributed by atoms with E-state index in [9.17, 15) is 0 Å². The number of aryl methyl sites for hydroxylation is 1. The molecule has 1 N–H and O–H groups in total. The van der Waals surface area contributed by atoms with Crippen molar-refractivity contribution in [3.05, 3.63) is 72.1 Å². The smallest absolute Gasteiger partial charge is 0.213 e. The summed E-state index contributed by atoms with van der Waals surface area (Å²) >= 11 is 0. The van der Waals surface area contributed by atoms with Crippen LogP contribution in [0.2, 0.25) is 0 Å². The number of ether oxygens (including phenoxy) is 1. The predicted octanol–water partition coefficient (Wildman–Crippen LogP) is 4.52. The Morgan fingerprint density at radius 3 is 2.81 bits per heavy atom. The molecule has 186 valence electrons. The van der Waals surface area contributed by atoms with Crippen molar-refractivity contribution in [1.29, 1.82) is 0 Å². The number of piperazine rings is 1. The van der Waals surface area contributed by atoms with E-state index in [0.29, 0.717) is 31.0 Å². The summed E-state index contributed by atoms with van der Waals surface area (Å²) in [6, 6.07) is 16.7. The van der Waals surface area contributed by atoms with Crippen LogP contribution in [-0.4, -0.2) is 58.9 Å². The molecule has 0 aliphatic carbocycles. The van der Waals surface area contributed by atoms with Gasteiger partial charge < -0.3 is 19.5 Å². The minimum Gasteiger partial charge on any atom is -0.477 e. The van der Waals surface area contributed by atoms with Gasteiger partial charge in [0.25, 0.3) is 0 Å². The van der Waals surface area contributed by atoms with Crippen LogP contribution < -0.4 is 15.0 Å². The van der Waals surface area contributed by atoms with Crippen molar-refractivity contribution in [2.75, 3.05) is 43.0 Å². The molecule has 0 spiro atoms. The summed E-state index contributed by atoms with van der Waals surface area (Å²) in [6.07, 6.45) is 6.08. The SMILES string of the molecule is Cc1ccc(NCc2ccc(OC[C@@H]3CC[C@@H]4CN(c5noc6ccccc56)CCN4C3)nc2)nc1. The number of hydrogen-bond acceptors (Lipinski definition) is 8. The molecule has 0 unspecified atom stereocenters. The molecule has 36 heavy (non-hydrogen) atoms. The van der Waals surface area contributed by atoms with E-state index in [4.69, 9.17) is 9.26 Å². The van der Waals surface area contributed by atoms with Crippen molar-refractivity contribution < 1.29 is 9.26 Å². The average Bonchev–Trinajstić information content (AvgIpc) is 3.36. The van der Waals surface area contributed by atoms with Crippen LogP contribution in [0.25, 0.3) is 11.0 Å². The molecule has 0 radical (unpaired) electrons. The second kappa shape index (κ2) is 10.1. The maximum absolute atomic E-state index is 6.08. The molecule has 2 fully saturated rings. The van der Waals surface area contributed by atoms with E-state index in [1.807, 2.05) is 49.6 Å². The van der Waals surface area contributed by atoms with Crippen LogP contribution in [-0.2, 0) is 6.54 Å². The Kier molecular flexibility index (Phi) is 6.42. The fraction of sp³-hybridized carbons (Fsp3) is 0.393. The summed E-state index contributed by atoms with van der Waals surface area (Å²) in [5, 5.41) is 8.80. The fourth-order valence-corrected chi connectivity index (χ4v) is 5.26. The molecule has 1 aromatic carbocycles. The Morgan fingerprint density at radius 1 is 1.00 bits per heavy atom. The number of pyridine rings is 2. The molecule has 2 aliphatic heterocycles. The zero-order valence-electron chi connectivity index (χ0n) is 20.6. The summed E-state index contributed by atoms with van der Waals surface area (Å²) in [5.74, 6) is 3.07. The number of fused-ring (bicyclic) bond motifs is 2. The summed E-state index contributed by atoms with van der Waals surface area (Å²) in [5.41, 5.74) is 3.11. The molecular formula is C28H32N6O2. The lowest BCUT2D eigenvalue weighted by Gasteiger charge is -2.46. The molecule has 3 aromatic heterocycles. The Morgan fingerprint density at radius 2 is 1.94 bits per heavy atom. The van der Waals surface area contributed by atoms with Gasteiger partial charge in [-0.15, -0.1) is 0 Å². The first kappa shape index (κ1) is 22.8. The highest BCUT2D eigenvalue weighted by atomic mass is 16.5. The van der Waals surface area contributed by atoms with E-state index in [-0.39, 0.29) is 0 Å². The molecule has 2 atom stereocenters. The van der Waals surface area contributed by atoms with E-state index in [0.717, 1.165) is 59.9 Å². The highest BCUT2D eigenvalue weighted by molar-refractivity contribution is 5.88. The van der Waals surface area contributed by atoms with Gasteiger partial charge in [-0.25, -0.2) is 9.97 Å². The second-order valence-electron chi connectivity index (χ2n) is 9.93. The third-order valence-corrected chi connectivity index (χ3v) is 7.31. The van der Waals surface area contributed by atoms with Crippen molar-refractivity contribution in [1.82, 2.24) is 20.0 Å². The van der Waals surface area contributed by atoms with Crippen molar-refractivity contribution in [2.45, 2.75) is 32.4 Å². The Hall–Kier alpha value is -3.65. The van der Waals surface area contributed by atoms with Crippen LogP contribution in [0.4, 0.5) is 11.6 Å². The van der Waals surface area contributed by atoms with Gasteiger partial charge in [0.15, 0.2) is 11.4 Å². The van der Waals surface area contributed by atoms with Crippen molar-refractivity contribution in [3.8, 4) is 5.88 Å². The quantitative estimate of drug-likeness (QED) is 0.410. The molecule has 8 heteroatoms. The topological polar surface area (TPSA) is 79.5 Å². The molecule has 0 bridgehead atoms. The maximum atomic E-state index is 6.08. The molecule has 2 aliphatic rings. The number of nitrogens with zero attached hydrogens (tertiary/aromatic N) is 5. The summed E-state index contributed by atoms with van der Waals surface area (Å²) < 4.78 is 11.6. The second-order valence-corrected chi connectivity index (χ2v) is 9.93. The molecule has 0 saturated carbocycles. The average molecular weight is 485 g/mol. The monoisotopic (exact) mass is 484 g/mol. The standard InChI is InChI=1S/C28H32N6O2/c1-20-6-10-26(29-14-20)30-15-21-8-11-27(31-16-21)35-19-22-7-9-23-18-34(13-12-33(23)17-22)28-24-4-2-3-5-25(24)36-32-28/h2-6,8,10-11,14,16,22-23H,7,9,12-13,15,17-19H2,1H3,(H,29,30)/t22-,23-/m1/s1. The van der Waals surface area contributed by atoms with Crippen molar-refractivity contribution >= 4 is 22.6 Å². The Bertz CT molecular complexity index is 1290. The first-order chi connectivity index (χ1) is 17.7.